The van der Waals surface area contributed by atoms with E-state index in [0.717, 1.165) is 25.7 Å². The molecule has 134 valence electrons. The van der Waals surface area contributed by atoms with Gasteiger partial charge in [-0.2, -0.15) is 0 Å². The number of rotatable bonds is 5. The highest BCUT2D eigenvalue weighted by atomic mass is 16.2. The van der Waals surface area contributed by atoms with E-state index in [-0.39, 0.29) is 11.9 Å². The molecule has 6 heteroatoms. The summed E-state index contributed by atoms with van der Waals surface area (Å²) in [4.78, 5) is 36.5. The van der Waals surface area contributed by atoms with Gasteiger partial charge in [-0.15, -0.1) is 6.58 Å². The highest BCUT2D eigenvalue weighted by Gasteiger charge is 2.26. The molecular formula is C19H25N3O3. The third kappa shape index (κ3) is 5.17. The lowest BCUT2D eigenvalue weighted by Crippen LogP contribution is -2.46. The van der Waals surface area contributed by atoms with Crippen LogP contribution in [0.4, 0.5) is 5.69 Å². The van der Waals surface area contributed by atoms with Crippen molar-refractivity contribution < 1.29 is 14.4 Å². The Morgan fingerprint density at radius 2 is 1.88 bits per heavy atom. The van der Waals surface area contributed by atoms with Gasteiger partial charge in [-0.3, -0.25) is 14.4 Å². The maximum Gasteiger partial charge on any atom is 0.313 e. The van der Waals surface area contributed by atoms with Crippen LogP contribution >= 0.6 is 0 Å². The van der Waals surface area contributed by atoms with Crippen molar-refractivity contribution in [1.29, 1.82) is 0 Å². The van der Waals surface area contributed by atoms with Crippen LogP contribution in [-0.2, 0) is 9.59 Å². The monoisotopic (exact) mass is 343 g/mol. The Kier molecular flexibility index (Phi) is 6.74. The minimum atomic E-state index is -0.762. The normalized spacial score (nSPS) is 19.6. The van der Waals surface area contributed by atoms with Crippen LogP contribution in [0.15, 0.2) is 36.9 Å². The number of nitrogens with one attached hydrogen (secondary N) is 3. The van der Waals surface area contributed by atoms with Crippen molar-refractivity contribution in [3.63, 3.8) is 0 Å². The predicted octanol–water partition coefficient (Wildman–Crippen LogP) is 2.24. The average Bonchev–Trinajstić information content (AvgIpc) is 2.62. The molecule has 0 aromatic heterocycles. The first kappa shape index (κ1) is 18.7. The molecule has 25 heavy (non-hydrogen) atoms. The largest absolute Gasteiger partial charge is 0.349 e. The Morgan fingerprint density at radius 1 is 1.16 bits per heavy atom. The van der Waals surface area contributed by atoms with Gasteiger partial charge in [0.05, 0.1) is 11.3 Å². The van der Waals surface area contributed by atoms with Gasteiger partial charge in [0.2, 0.25) is 0 Å². The third-order valence-corrected chi connectivity index (χ3v) is 4.46. The second-order valence-corrected chi connectivity index (χ2v) is 6.34. The van der Waals surface area contributed by atoms with E-state index >= 15 is 0 Å². The van der Waals surface area contributed by atoms with Crippen molar-refractivity contribution in [2.24, 2.45) is 5.92 Å². The Labute approximate surface area is 148 Å². The lowest BCUT2D eigenvalue weighted by molar-refractivity contribution is -0.137. The summed E-state index contributed by atoms with van der Waals surface area (Å²) in [5.41, 5.74) is 0.609. The van der Waals surface area contributed by atoms with Crippen molar-refractivity contribution in [2.45, 2.75) is 38.6 Å². The van der Waals surface area contributed by atoms with Crippen LogP contribution < -0.4 is 16.0 Å². The highest BCUT2D eigenvalue weighted by Crippen LogP contribution is 2.23. The van der Waals surface area contributed by atoms with E-state index in [1.807, 2.05) is 0 Å². The van der Waals surface area contributed by atoms with Gasteiger partial charge >= 0.3 is 11.8 Å². The molecule has 1 aliphatic rings. The molecule has 2 atom stereocenters. The molecule has 0 bridgehead atoms. The summed E-state index contributed by atoms with van der Waals surface area (Å²) in [5, 5.41) is 8.00. The van der Waals surface area contributed by atoms with E-state index in [1.165, 1.54) is 0 Å². The molecule has 0 heterocycles. The fraction of sp³-hybridized carbons (Fsp3) is 0.421. The standard InChI is InChI=1S/C19H25N3O3/c1-3-12-20-17(23)14-9-5-7-11-16(14)22-19(25)18(24)21-15-10-6-4-8-13(15)2/h3,5,7,9,11,13,15H,1,4,6,8,10,12H2,2H3,(H,20,23)(H,21,24)(H,22,25)/t13-,15-/m0/s1. The number of carbonyl (C=O) groups is 3. The number of para-hydroxylation sites is 1. The molecule has 0 spiro atoms. The maximum atomic E-state index is 12.2. The van der Waals surface area contributed by atoms with Crippen LogP contribution in [0.1, 0.15) is 43.0 Å². The first-order valence-corrected chi connectivity index (χ1v) is 8.63. The van der Waals surface area contributed by atoms with Crippen LogP contribution in [-0.4, -0.2) is 30.3 Å². The van der Waals surface area contributed by atoms with Crippen LogP contribution in [0.25, 0.3) is 0 Å². The van der Waals surface area contributed by atoms with Gasteiger partial charge in [-0.1, -0.05) is 38.0 Å². The SMILES string of the molecule is C=CCNC(=O)c1ccccc1NC(=O)C(=O)N[C@H]1CCCC[C@@H]1C. The predicted molar refractivity (Wildman–Crippen MR) is 97.2 cm³/mol. The molecule has 1 aromatic rings. The molecule has 3 N–H and O–H groups in total. The Hall–Kier alpha value is -2.63. The maximum absolute atomic E-state index is 12.2. The number of hydrogen-bond acceptors (Lipinski definition) is 3. The summed E-state index contributed by atoms with van der Waals surface area (Å²) in [5.74, 6) is -1.40. The van der Waals surface area contributed by atoms with Crippen LogP contribution in [0.5, 0.6) is 0 Å². The average molecular weight is 343 g/mol. The van der Waals surface area contributed by atoms with E-state index in [2.05, 4.69) is 29.5 Å². The lowest BCUT2D eigenvalue weighted by Gasteiger charge is -2.29. The molecule has 0 unspecified atom stereocenters. The minimum Gasteiger partial charge on any atom is -0.349 e. The summed E-state index contributed by atoms with van der Waals surface area (Å²) in [6.45, 7) is 5.95. The fourth-order valence-corrected chi connectivity index (χ4v) is 2.99. The second-order valence-electron chi connectivity index (χ2n) is 6.34. The molecule has 0 saturated heterocycles. The van der Waals surface area contributed by atoms with Gasteiger partial charge in [-0.25, -0.2) is 0 Å². The molecule has 6 nitrogen and oxygen atoms in total. The number of benzene rings is 1. The van der Waals surface area contributed by atoms with Crippen LogP contribution in [0.3, 0.4) is 0 Å². The van der Waals surface area contributed by atoms with Crippen LogP contribution in [0, 0.1) is 5.92 Å². The van der Waals surface area contributed by atoms with E-state index in [9.17, 15) is 14.4 Å². The van der Waals surface area contributed by atoms with E-state index < -0.39 is 11.8 Å². The van der Waals surface area contributed by atoms with Gasteiger partial charge in [0.25, 0.3) is 5.91 Å². The molecule has 3 amide bonds. The van der Waals surface area contributed by atoms with E-state index in [4.69, 9.17) is 0 Å². The topological polar surface area (TPSA) is 87.3 Å². The number of carbonyl (C=O) groups excluding carboxylic acids is 3. The lowest BCUT2D eigenvalue weighted by atomic mass is 9.86. The van der Waals surface area contributed by atoms with Crippen molar-refractivity contribution in [1.82, 2.24) is 10.6 Å². The molecule has 1 fully saturated rings. The zero-order valence-electron chi connectivity index (χ0n) is 14.5. The van der Waals surface area contributed by atoms with E-state index in [0.29, 0.717) is 23.7 Å². The first-order valence-electron chi connectivity index (χ1n) is 8.63. The zero-order valence-corrected chi connectivity index (χ0v) is 14.5. The van der Waals surface area contributed by atoms with Gasteiger partial charge in [0.1, 0.15) is 0 Å². The third-order valence-electron chi connectivity index (χ3n) is 4.46. The zero-order chi connectivity index (χ0) is 18.2. The first-order chi connectivity index (χ1) is 12.0. The highest BCUT2D eigenvalue weighted by molar-refractivity contribution is 6.40. The fourth-order valence-electron chi connectivity index (χ4n) is 2.99. The van der Waals surface area contributed by atoms with Crippen molar-refractivity contribution in [3.8, 4) is 0 Å². The Bertz CT molecular complexity index is 657. The molecule has 0 aliphatic heterocycles. The molecule has 2 rings (SSSR count). The second kappa shape index (κ2) is 9.01. The Balaban J connectivity index is 2.01. The summed E-state index contributed by atoms with van der Waals surface area (Å²) in [6.07, 6.45) is 5.73. The summed E-state index contributed by atoms with van der Waals surface area (Å²) in [7, 11) is 0. The number of hydrogen-bond donors (Lipinski definition) is 3. The van der Waals surface area contributed by atoms with Gasteiger partial charge in [-0.05, 0) is 30.9 Å². The molecule has 1 aliphatic carbocycles. The summed E-state index contributed by atoms with van der Waals surface area (Å²) >= 11 is 0. The van der Waals surface area contributed by atoms with E-state index in [1.54, 1.807) is 30.3 Å². The summed E-state index contributed by atoms with van der Waals surface area (Å²) in [6, 6.07) is 6.61. The molecule has 1 aromatic carbocycles. The van der Waals surface area contributed by atoms with Crippen LogP contribution in [0.2, 0.25) is 0 Å². The molecular weight excluding hydrogens is 318 g/mol. The molecule has 1 saturated carbocycles. The molecule has 0 radical (unpaired) electrons. The smallest absolute Gasteiger partial charge is 0.313 e. The van der Waals surface area contributed by atoms with Gasteiger partial charge in [0.15, 0.2) is 0 Å². The van der Waals surface area contributed by atoms with Crippen molar-refractivity contribution in [2.75, 3.05) is 11.9 Å². The van der Waals surface area contributed by atoms with Gasteiger partial charge in [0, 0.05) is 12.6 Å². The van der Waals surface area contributed by atoms with Gasteiger partial charge < -0.3 is 16.0 Å². The quantitative estimate of drug-likeness (QED) is 0.566. The minimum absolute atomic E-state index is 0.0260. The number of amides is 3. The Morgan fingerprint density at radius 3 is 2.60 bits per heavy atom. The van der Waals surface area contributed by atoms with Crippen molar-refractivity contribution >= 4 is 23.4 Å². The number of anilines is 1. The summed E-state index contributed by atoms with van der Waals surface area (Å²) < 4.78 is 0. The van der Waals surface area contributed by atoms with Crippen molar-refractivity contribution in [3.05, 3.63) is 42.5 Å².